The first kappa shape index (κ1) is 13.2. The van der Waals surface area contributed by atoms with Crippen LogP contribution >= 0.6 is 0 Å². The smallest absolute Gasteiger partial charge is 0.138 e. The zero-order valence-electron chi connectivity index (χ0n) is 10.9. The predicted molar refractivity (Wildman–Crippen MR) is 66.5 cm³/mol. The van der Waals surface area contributed by atoms with Crippen molar-refractivity contribution in [2.75, 3.05) is 6.54 Å². The normalized spacial score (nSPS) is 13.3. The van der Waals surface area contributed by atoms with Crippen LogP contribution in [0, 0.1) is 0 Å². The second kappa shape index (κ2) is 6.63. The number of hydrogen-bond acceptors (Lipinski definition) is 3. The fraction of sp³-hybridized carbons (Fsp3) is 0.833. The Bertz CT molecular complexity index is 293. The molecule has 1 aromatic heterocycles. The molecule has 1 unspecified atom stereocenters. The van der Waals surface area contributed by atoms with Crippen LogP contribution in [0.4, 0.5) is 0 Å². The Labute approximate surface area is 98.5 Å². The van der Waals surface area contributed by atoms with Crippen molar-refractivity contribution in [3.63, 3.8) is 0 Å². The van der Waals surface area contributed by atoms with Crippen molar-refractivity contribution in [2.45, 2.75) is 59.0 Å². The summed E-state index contributed by atoms with van der Waals surface area (Å²) in [7, 11) is 0. The lowest BCUT2D eigenvalue weighted by molar-refractivity contribution is 0.471. The number of nitrogens with zero attached hydrogens (tertiary/aromatic N) is 3. The van der Waals surface area contributed by atoms with Crippen LogP contribution in [-0.2, 0) is 6.42 Å². The topological polar surface area (TPSA) is 42.7 Å². The molecule has 0 saturated carbocycles. The van der Waals surface area contributed by atoms with Gasteiger partial charge in [0.1, 0.15) is 12.2 Å². The molecule has 1 heterocycles. The summed E-state index contributed by atoms with van der Waals surface area (Å²) < 4.78 is 2.01. The van der Waals surface area contributed by atoms with Crippen LogP contribution in [0.25, 0.3) is 0 Å². The zero-order chi connectivity index (χ0) is 12.0. The Morgan fingerprint density at radius 1 is 1.38 bits per heavy atom. The van der Waals surface area contributed by atoms with Crippen LogP contribution < -0.4 is 5.32 Å². The van der Waals surface area contributed by atoms with E-state index in [1.807, 2.05) is 4.68 Å². The molecule has 0 aliphatic heterocycles. The first-order valence-electron chi connectivity index (χ1n) is 6.26. The summed E-state index contributed by atoms with van der Waals surface area (Å²) >= 11 is 0. The average Bonchev–Trinajstić information content (AvgIpc) is 2.71. The molecule has 0 bridgehead atoms. The van der Waals surface area contributed by atoms with Gasteiger partial charge in [-0.15, -0.1) is 0 Å². The standard InChI is InChI=1S/C12H24N4/c1-5-8-13-11(4)6-7-12-14-9-15-16(12)10(2)3/h9-11,13H,5-8H2,1-4H3. The minimum Gasteiger partial charge on any atom is -0.314 e. The highest BCUT2D eigenvalue weighted by atomic mass is 15.3. The van der Waals surface area contributed by atoms with Gasteiger partial charge in [0.05, 0.1) is 0 Å². The van der Waals surface area contributed by atoms with Gasteiger partial charge in [-0.05, 0) is 40.2 Å². The number of hydrogen-bond donors (Lipinski definition) is 1. The van der Waals surface area contributed by atoms with Crippen LogP contribution in [-0.4, -0.2) is 27.4 Å². The fourth-order valence-corrected chi connectivity index (χ4v) is 1.72. The maximum atomic E-state index is 4.31. The predicted octanol–water partition coefficient (Wildman–Crippen LogP) is 2.18. The van der Waals surface area contributed by atoms with Gasteiger partial charge in [-0.3, -0.25) is 0 Å². The number of aromatic nitrogens is 3. The first-order valence-corrected chi connectivity index (χ1v) is 6.26. The SMILES string of the molecule is CCCNC(C)CCc1ncnn1C(C)C. The molecule has 0 radical (unpaired) electrons. The summed E-state index contributed by atoms with van der Waals surface area (Å²) in [5.41, 5.74) is 0. The summed E-state index contributed by atoms with van der Waals surface area (Å²) in [6.45, 7) is 9.78. The van der Waals surface area contributed by atoms with Crippen molar-refractivity contribution in [1.82, 2.24) is 20.1 Å². The Balaban J connectivity index is 2.39. The van der Waals surface area contributed by atoms with Crippen LogP contribution in [0.5, 0.6) is 0 Å². The largest absolute Gasteiger partial charge is 0.314 e. The Morgan fingerprint density at radius 2 is 2.12 bits per heavy atom. The minimum absolute atomic E-state index is 0.399. The van der Waals surface area contributed by atoms with Crippen molar-refractivity contribution in [2.24, 2.45) is 0 Å². The molecule has 1 rings (SSSR count). The second-order valence-electron chi connectivity index (χ2n) is 4.61. The molecule has 1 aromatic rings. The molecule has 0 amide bonds. The molecule has 0 saturated heterocycles. The quantitative estimate of drug-likeness (QED) is 0.772. The van der Waals surface area contributed by atoms with E-state index < -0.39 is 0 Å². The van der Waals surface area contributed by atoms with Gasteiger partial charge in [0.2, 0.25) is 0 Å². The van der Waals surface area contributed by atoms with Gasteiger partial charge in [-0.25, -0.2) is 9.67 Å². The molecule has 4 nitrogen and oxygen atoms in total. The third kappa shape index (κ3) is 3.93. The number of nitrogens with one attached hydrogen (secondary N) is 1. The highest BCUT2D eigenvalue weighted by molar-refractivity contribution is 4.87. The van der Waals surface area contributed by atoms with Crippen LogP contribution in [0.15, 0.2) is 6.33 Å². The average molecular weight is 224 g/mol. The maximum absolute atomic E-state index is 4.31. The molecule has 0 aromatic carbocycles. The monoisotopic (exact) mass is 224 g/mol. The summed E-state index contributed by atoms with van der Waals surface area (Å²) in [5.74, 6) is 1.10. The lowest BCUT2D eigenvalue weighted by Crippen LogP contribution is -2.27. The fourth-order valence-electron chi connectivity index (χ4n) is 1.72. The van der Waals surface area contributed by atoms with Gasteiger partial charge in [-0.1, -0.05) is 6.92 Å². The number of aryl methyl sites for hydroxylation is 1. The summed E-state index contributed by atoms with van der Waals surface area (Å²) in [6.07, 6.45) is 4.95. The van der Waals surface area contributed by atoms with Gasteiger partial charge in [-0.2, -0.15) is 5.10 Å². The van der Waals surface area contributed by atoms with Gasteiger partial charge in [0, 0.05) is 18.5 Å². The Kier molecular flexibility index (Phi) is 5.46. The molecule has 1 N–H and O–H groups in total. The third-order valence-electron chi connectivity index (χ3n) is 2.68. The van der Waals surface area contributed by atoms with E-state index in [0.29, 0.717) is 12.1 Å². The molecule has 16 heavy (non-hydrogen) atoms. The third-order valence-corrected chi connectivity index (χ3v) is 2.68. The summed E-state index contributed by atoms with van der Waals surface area (Å²) in [4.78, 5) is 4.31. The Morgan fingerprint density at radius 3 is 2.75 bits per heavy atom. The van der Waals surface area contributed by atoms with Gasteiger partial charge in [0.25, 0.3) is 0 Å². The number of rotatable bonds is 7. The molecule has 0 aliphatic rings. The molecular weight excluding hydrogens is 200 g/mol. The van der Waals surface area contributed by atoms with Gasteiger partial charge < -0.3 is 5.32 Å². The van der Waals surface area contributed by atoms with Crippen molar-refractivity contribution < 1.29 is 0 Å². The summed E-state index contributed by atoms with van der Waals surface area (Å²) in [5, 5.41) is 7.73. The highest BCUT2D eigenvalue weighted by Crippen LogP contribution is 2.08. The minimum atomic E-state index is 0.399. The molecule has 4 heteroatoms. The van der Waals surface area contributed by atoms with E-state index >= 15 is 0 Å². The molecule has 0 fully saturated rings. The van der Waals surface area contributed by atoms with Crippen molar-refractivity contribution in [3.8, 4) is 0 Å². The lowest BCUT2D eigenvalue weighted by atomic mass is 10.1. The molecule has 92 valence electrons. The molecule has 0 aliphatic carbocycles. The van der Waals surface area contributed by atoms with Gasteiger partial charge >= 0.3 is 0 Å². The van der Waals surface area contributed by atoms with Crippen LogP contribution in [0.1, 0.15) is 52.4 Å². The van der Waals surface area contributed by atoms with Crippen molar-refractivity contribution in [1.29, 1.82) is 0 Å². The van der Waals surface area contributed by atoms with E-state index in [1.165, 1.54) is 6.42 Å². The van der Waals surface area contributed by atoms with E-state index in [-0.39, 0.29) is 0 Å². The molecule has 1 atom stereocenters. The van der Waals surface area contributed by atoms with E-state index in [9.17, 15) is 0 Å². The van der Waals surface area contributed by atoms with Gasteiger partial charge in [0.15, 0.2) is 0 Å². The zero-order valence-corrected chi connectivity index (χ0v) is 10.9. The highest BCUT2D eigenvalue weighted by Gasteiger charge is 2.09. The van der Waals surface area contributed by atoms with Crippen LogP contribution in [0.3, 0.4) is 0 Å². The van der Waals surface area contributed by atoms with E-state index in [0.717, 1.165) is 25.2 Å². The first-order chi connectivity index (χ1) is 7.65. The van der Waals surface area contributed by atoms with E-state index in [1.54, 1.807) is 6.33 Å². The van der Waals surface area contributed by atoms with Crippen molar-refractivity contribution >= 4 is 0 Å². The Hall–Kier alpha value is -0.900. The lowest BCUT2D eigenvalue weighted by Gasteiger charge is -2.14. The van der Waals surface area contributed by atoms with E-state index in [2.05, 4.69) is 43.1 Å². The van der Waals surface area contributed by atoms with Crippen molar-refractivity contribution in [3.05, 3.63) is 12.2 Å². The molecule has 0 spiro atoms. The maximum Gasteiger partial charge on any atom is 0.138 e. The molecular formula is C12H24N4. The van der Waals surface area contributed by atoms with E-state index in [4.69, 9.17) is 0 Å². The van der Waals surface area contributed by atoms with Crippen LogP contribution in [0.2, 0.25) is 0 Å². The summed E-state index contributed by atoms with van der Waals surface area (Å²) in [6, 6.07) is 0.952. The second-order valence-corrected chi connectivity index (χ2v) is 4.61.